The molecule has 2 amide bonds. The van der Waals surface area contributed by atoms with Gasteiger partial charge in [-0.15, -0.1) is 0 Å². The molecule has 0 unspecified atom stereocenters. The van der Waals surface area contributed by atoms with Crippen molar-refractivity contribution in [3.8, 4) is 0 Å². The van der Waals surface area contributed by atoms with Crippen LogP contribution in [-0.2, 0) is 9.53 Å². The smallest absolute Gasteiger partial charge is 0.272 e. The van der Waals surface area contributed by atoms with Gasteiger partial charge in [-0.3, -0.25) is 20.0 Å². The molecule has 1 aliphatic rings. The van der Waals surface area contributed by atoms with Gasteiger partial charge >= 0.3 is 0 Å². The molecule has 0 bridgehead atoms. The van der Waals surface area contributed by atoms with Gasteiger partial charge in [0.15, 0.2) is 0 Å². The molecule has 21 heavy (non-hydrogen) atoms. The lowest BCUT2D eigenvalue weighted by molar-refractivity contribution is -0.130. The highest BCUT2D eigenvalue weighted by Gasteiger charge is 2.23. The van der Waals surface area contributed by atoms with Crippen molar-refractivity contribution in [1.82, 2.24) is 25.7 Å². The van der Waals surface area contributed by atoms with Crippen LogP contribution < -0.4 is 10.7 Å². The minimum Gasteiger partial charge on any atom is -0.394 e. The Morgan fingerprint density at radius 1 is 1.38 bits per heavy atom. The van der Waals surface area contributed by atoms with Crippen molar-refractivity contribution in [3.05, 3.63) is 24.3 Å². The van der Waals surface area contributed by atoms with Gasteiger partial charge in [-0.1, -0.05) is 0 Å². The van der Waals surface area contributed by atoms with E-state index in [0.29, 0.717) is 26.3 Å². The summed E-state index contributed by atoms with van der Waals surface area (Å²) in [7, 11) is 0. The zero-order valence-electron chi connectivity index (χ0n) is 11.4. The first-order valence-electron chi connectivity index (χ1n) is 6.51. The fourth-order valence-corrected chi connectivity index (χ4v) is 1.75. The molecule has 2 rings (SSSR count). The number of aliphatic hydroxyl groups is 1. The number of hydrogen-bond acceptors (Lipinski definition) is 7. The van der Waals surface area contributed by atoms with E-state index in [4.69, 9.17) is 4.74 Å². The van der Waals surface area contributed by atoms with E-state index < -0.39 is 24.5 Å². The predicted octanol–water partition coefficient (Wildman–Crippen LogP) is -2.07. The van der Waals surface area contributed by atoms with E-state index >= 15 is 0 Å². The van der Waals surface area contributed by atoms with Gasteiger partial charge < -0.3 is 15.2 Å². The van der Waals surface area contributed by atoms with Crippen LogP contribution >= 0.6 is 0 Å². The fraction of sp³-hybridized carbons (Fsp3) is 0.500. The Morgan fingerprint density at radius 3 is 2.76 bits per heavy atom. The van der Waals surface area contributed by atoms with E-state index in [9.17, 15) is 14.7 Å². The number of rotatable bonds is 5. The number of ether oxygens (including phenoxy) is 1. The van der Waals surface area contributed by atoms with E-state index in [1.54, 1.807) is 5.01 Å². The molecule has 9 nitrogen and oxygen atoms in total. The van der Waals surface area contributed by atoms with Crippen LogP contribution in [0.25, 0.3) is 0 Å². The SMILES string of the molecule is O=C(N[C@@H](CO)C(=O)NN1CCOCC1)c1cnccn1. The largest absolute Gasteiger partial charge is 0.394 e. The first-order chi connectivity index (χ1) is 10.2. The van der Waals surface area contributed by atoms with Crippen molar-refractivity contribution < 1.29 is 19.4 Å². The lowest BCUT2D eigenvalue weighted by Gasteiger charge is -2.28. The Kier molecular flexibility index (Phi) is 5.55. The van der Waals surface area contributed by atoms with Crippen LogP contribution in [0.5, 0.6) is 0 Å². The van der Waals surface area contributed by atoms with Crippen LogP contribution in [0.3, 0.4) is 0 Å². The van der Waals surface area contributed by atoms with Crippen LogP contribution in [0.4, 0.5) is 0 Å². The number of carbonyl (C=O) groups excluding carboxylic acids is 2. The Labute approximate surface area is 121 Å². The number of nitrogens with one attached hydrogen (secondary N) is 2. The lowest BCUT2D eigenvalue weighted by Crippen LogP contribution is -2.56. The highest BCUT2D eigenvalue weighted by molar-refractivity contribution is 5.95. The first kappa shape index (κ1) is 15.3. The summed E-state index contributed by atoms with van der Waals surface area (Å²) < 4.78 is 5.16. The Morgan fingerprint density at radius 2 is 2.14 bits per heavy atom. The van der Waals surface area contributed by atoms with E-state index in [1.807, 2.05) is 0 Å². The molecule has 114 valence electrons. The summed E-state index contributed by atoms with van der Waals surface area (Å²) in [4.78, 5) is 31.5. The third kappa shape index (κ3) is 4.45. The molecule has 1 fully saturated rings. The van der Waals surface area contributed by atoms with Crippen molar-refractivity contribution in [3.63, 3.8) is 0 Å². The van der Waals surface area contributed by atoms with Crippen molar-refractivity contribution >= 4 is 11.8 Å². The molecule has 2 heterocycles. The zero-order valence-corrected chi connectivity index (χ0v) is 11.4. The minimum atomic E-state index is -1.05. The minimum absolute atomic E-state index is 0.0788. The van der Waals surface area contributed by atoms with Crippen LogP contribution in [-0.4, -0.2) is 70.8 Å². The van der Waals surface area contributed by atoms with Gasteiger partial charge in [-0.2, -0.15) is 0 Å². The molecule has 1 aromatic rings. The molecule has 1 aliphatic heterocycles. The first-order valence-corrected chi connectivity index (χ1v) is 6.51. The summed E-state index contributed by atoms with van der Waals surface area (Å²) in [5, 5.41) is 13.4. The molecule has 0 saturated carbocycles. The number of aromatic nitrogens is 2. The molecule has 0 spiro atoms. The molecular weight excluding hydrogens is 278 g/mol. The van der Waals surface area contributed by atoms with Gasteiger partial charge in [0.05, 0.1) is 26.0 Å². The molecule has 0 aromatic carbocycles. The average Bonchev–Trinajstić information content (AvgIpc) is 2.54. The number of carbonyl (C=O) groups is 2. The summed E-state index contributed by atoms with van der Waals surface area (Å²) in [6.45, 7) is 1.65. The third-order valence-electron chi connectivity index (χ3n) is 2.88. The van der Waals surface area contributed by atoms with Gasteiger partial charge in [0.25, 0.3) is 11.8 Å². The van der Waals surface area contributed by atoms with Crippen molar-refractivity contribution in [2.45, 2.75) is 6.04 Å². The maximum Gasteiger partial charge on any atom is 0.272 e. The maximum atomic E-state index is 12.0. The number of aliphatic hydroxyl groups excluding tert-OH is 1. The average molecular weight is 295 g/mol. The van der Waals surface area contributed by atoms with Crippen molar-refractivity contribution in [2.24, 2.45) is 0 Å². The van der Waals surface area contributed by atoms with E-state index in [2.05, 4.69) is 20.7 Å². The summed E-state index contributed by atoms with van der Waals surface area (Å²) in [5.41, 5.74) is 2.71. The van der Waals surface area contributed by atoms with Crippen LogP contribution in [0.15, 0.2) is 18.6 Å². The highest BCUT2D eigenvalue weighted by Crippen LogP contribution is 1.96. The quantitative estimate of drug-likeness (QED) is 0.571. The summed E-state index contributed by atoms with van der Waals surface area (Å²) in [5.74, 6) is -1.06. The number of nitrogens with zero attached hydrogens (tertiary/aromatic N) is 3. The molecule has 3 N–H and O–H groups in total. The Balaban J connectivity index is 1.89. The van der Waals surface area contributed by atoms with Gasteiger partial charge in [0.1, 0.15) is 11.7 Å². The monoisotopic (exact) mass is 295 g/mol. The van der Waals surface area contributed by atoms with E-state index in [1.165, 1.54) is 18.6 Å². The van der Waals surface area contributed by atoms with Crippen LogP contribution in [0.1, 0.15) is 10.5 Å². The molecule has 1 saturated heterocycles. The van der Waals surface area contributed by atoms with Crippen LogP contribution in [0, 0.1) is 0 Å². The zero-order chi connectivity index (χ0) is 15.1. The third-order valence-corrected chi connectivity index (χ3v) is 2.88. The standard InChI is InChI=1S/C12H17N5O4/c18-8-10(12(20)16-17-3-5-21-6-4-17)15-11(19)9-7-13-1-2-14-9/h1-2,7,10,18H,3-6,8H2,(H,15,19)(H,16,20)/t10-/m0/s1. The number of hydrazine groups is 1. The second-order valence-corrected chi connectivity index (χ2v) is 4.37. The van der Waals surface area contributed by atoms with E-state index in [-0.39, 0.29) is 5.69 Å². The second-order valence-electron chi connectivity index (χ2n) is 4.37. The van der Waals surface area contributed by atoms with Crippen LogP contribution in [0.2, 0.25) is 0 Å². The second kappa shape index (κ2) is 7.62. The van der Waals surface area contributed by atoms with Gasteiger partial charge in [0, 0.05) is 25.5 Å². The van der Waals surface area contributed by atoms with Gasteiger partial charge in [-0.05, 0) is 0 Å². The van der Waals surface area contributed by atoms with Crippen molar-refractivity contribution in [2.75, 3.05) is 32.9 Å². The predicted molar refractivity (Wildman–Crippen MR) is 70.9 cm³/mol. The van der Waals surface area contributed by atoms with Gasteiger partial charge in [-0.25, -0.2) is 9.99 Å². The topological polar surface area (TPSA) is 117 Å². The number of amides is 2. The normalized spacial score (nSPS) is 17.0. The van der Waals surface area contributed by atoms with Crippen molar-refractivity contribution in [1.29, 1.82) is 0 Å². The highest BCUT2D eigenvalue weighted by atomic mass is 16.5. The molecule has 0 radical (unpaired) electrons. The maximum absolute atomic E-state index is 12.0. The molecule has 0 aliphatic carbocycles. The molecule has 1 atom stereocenters. The summed E-state index contributed by atoms with van der Waals surface area (Å²) in [6, 6.07) is -1.05. The molecule has 9 heteroatoms. The molecule has 1 aromatic heterocycles. The fourth-order valence-electron chi connectivity index (χ4n) is 1.75. The van der Waals surface area contributed by atoms with Gasteiger partial charge in [0.2, 0.25) is 0 Å². The summed E-state index contributed by atoms with van der Waals surface area (Å²) >= 11 is 0. The number of morpholine rings is 1. The van der Waals surface area contributed by atoms with E-state index in [0.717, 1.165) is 0 Å². The lowest BCUT2D eigenvalue weighted by atomic mass is 10.2. The Hall–Kier alpha value is -2.10. The Bertz CT molecular complexity index is 478. The number of hydrogen-bond donors (Lipinski definition) is 3. The molecular formula is C12H17N5O4. The summed E-state index contributed by atoms with van der Waals surface area (Å²) in [6.07, 6.45) is 4.09.